The molecule has 52 heavy (non-hydrogen) atoms. The number of carbonyl (C=O) groups excluding carboxylic acids is 3. The van der Waals surface area contributed by atoms with Crippen LogP contribution in [-0.4, -0.2) is 65.4 Å². The number of nitrogens with one attached hydrogen (secondary N) is 2. The summed E-state index contributed by atoms with van der Waals surface area (Å²) in [5, 5.41) is 24.8. The number of carbonyl (C=O) groups is 3. The molecule has 0 saturated heterocycles. The van der Waals surface area contributed by atoms with E-state index in [0.29, 0.717) is 33.6 Å². The monoisotopic (exact) mass is 742 g/mol. The van der Waals surface area contributed by atoms with Gasteiger partial charge in [-0.25, -0.2) is 14.8 Å². The van der Waals surface area contributed by atoms with Crippen molar-refractivity contribution < 1.29 is 50.5 Å². The number of urea groups is 1. The Bertz CT molecular complexity index is 2350. The number of phenols is 2. The average Bonchev–Trinajstić information content (AvgIpc) is 3.07. The number of rotatable bonds is 6. The molecular formula is C35H26N4O11S2. The van der Waals surface area contributed by atoms with E-state index < -0.39 is 38.1 Å². The lowest BCUT2D eigenvalue weighted by Gasteiger charge is -2.17. The summed E-state index contributed by atoms with van der Waals surface area (Å²) in [4.78, 5) is 45.9. The largest absolute Gasteiger partial charge is 0.508 e. The number of hydrogen-bond donors (Lipinski definition) is 6. The first-order chi connectivity index (χ1) is 24.5. The van der Waals surface area contributed by atoms with Crippen molar-refractivity contribution in [3.8, 4) is 11.5 Å². The van der Waals surface area contributed by atoms with E-state index in [9.17, 15) is 50.5 Å². The van der Waals surface area contributed by atoms with Gasteiger partial charge >= 0.3 is 6.03 Å². The molecule has 0 saturated carbocycles. The number of aromatic hydroxyl groups is 2. The predicted octanol–water partition coefficient (Wildman–Crippen LogP) is 4.66. The minimum absolute atomic E-state index is 0.0239. The number of nitrogens with zero attached hydrogens (tertiary/aromatic N) is 2. The number of aliphatic imine (C=N–C) groups is 2. The van der Waals surface area contributed by atoms with Crippen molar-refractivity contribution in [2.75, 3.05) is 10.6 Å². The van der Waals surface area contributed by atoms with Gasteiger partial charge in [0.1, 0.15) is 11.5 Å². The molecule has 4 amide bonds. The normalized spacial score (nSPS) is 15.6. The van der Waals surface area contributed by atoms with Crippen molar-refractivity contribution in [3.05, 3.63) is 140 Å². The van der Waals surface area contributed by atoms with Crippen LogP contribution in [0.5, 0.6) is 11.5 Å². The summed E-state index contributed by atoms with van der Waals surface area (Å²) in [6.45, 7) is 0. The summed E-state index contributed by atoms with van der Waals surface area (Å²) in [6.07, 6.45) is 1.79. The van der Waals surface area contributed by atoms with Gasteiger partial charge in [0.05, 0.1) is 21.2 Å². The van der Waals surface area contributed by atoms with Crippen LogP contribution in [0, 0.1) is 0 Å². The summed E-state index contributed by atoms with van der Waals surface area (Å²) >= 11 is 0. The molecule has 2 aliphatic rings. The summed E-state index contributed by atoms with van der Waals surface area (Å²) < 4.78 is 66.4. The maximum atomic E-state index is 13.0. The Labute approximate surface area is 295 Å². The first-order valence-corrected chi connectivity index (χ1v) is 18.0. The van der Waals surface area contributed by atoms with Crippen LogP contribution < -0.4 is 10.6 Å². The van der Waals surface area contributed by atoms with E-state index in [4.69, 9.17) is 0 Å². The van der Waals surface area contributed by atoms with Crippen LogP contribution in [0.1, 0.15) is 43.0 Å². The minimum atomic E-state index is -4.59. The third kappa shape index (κ3) is 8.03. The number of fused-ring (bicyclic) bond motifs is 2. The first kappa shape index (κ1) is 35.6. The molecule has 264 valence electrons. The van der Waals surface area contributed by atoms with E-state index in [1.165, 1.54) is 84.9 Å². The zero-order valence-corrected chi connectivity index (χ0v) is 28.1. The minimum Gasteiger partial charge on any atom is -0.508 e. The zero-order chi connectivity index (χ0) is 37.4. The van der Waals surface area contributed by atoms with Crippen LogP contribution in [0.15, 0.2) is 117 Å². The van der Waals surface area contributed by atoms with E-state index in [1.54, 1.807) is 0 Å². The predicted molar refractivity (Wildman–Crippen MR) is 190 cm³/mol. The van der Waals surface area contributed by atoms with E-state index in [1.807, 2.05) is 0 Å². The SMILES string of the molecule is O=C(Nc1ccc(C(=O)N=C2C=C(S(=O)(=O)O)Cc3cc(O)ccc32)cc1)Nc1ccc(C(=O)N=C2C=C(S(=O)(=O)O)Cc3cc(O)ccc32)cc1. The maximum absolute atomic E-state index is 13.0. The van der Waals surface area contributed by atoms with Crippen LogP contribution in [-0.2, 0) is 33.1 Å². The van der Waals surface area contributed by atoms with E-state index >= 15 is 0 Å². The molecule has 0 aliphatic heterocycles. The molecule has 0 bridgehead atoms. The molecule has 0 fully saturated rings. The number of amides is 4. The second-order valence-corrected chi connectivity index (χ2v) is 14.5. The summed E-state index contributed by atoms with van der Waals surface area (Å²) in [5.74, 6) is -1.73. The number of hydrogen-bond acceptors (Lipinski definition) is 9. The standard InChI is InChI=1S/C35H26N4O11S2/c40-25-9-11-29-21(13-25)15-27(51(45,46)47)17-31(29)38-33(42)19-1-5-23(6-2-19)36-35(44)37-24-7-3-20(4-8-24)34(43)39-32-18-28(52(48,49)50)16-22-14-26(41)10-12-30(22)32/h1-14,17-18,40-41H,15-16H2,(H2,36,37,44)(H,45,46,47)(H,48,49,50). The molecular weight excluding hydrogens is 717 g/mol. The Kier molecular flexibility index (Phi) is 9.44. The quantitative estimate of drug-likeness (QED) is 0.148. The van der Waals surface area contributed by atoms with Gasteiger partial charge in [0.2, 0.25) is 0 Å². The van der Waals surface area contributed by atoms with Gasteiger partial charge in [-0.05, 0) is 108 Å². The lowest BCUT2D eigenvalue weighted by molar-refractivity contribution is 0.0994. The molecule has 2 aliphatic carbocycles. The lowest BCUT2D eigenvalue weighted by Crippen LogP contribution is -2.19. The van der Waals surface area contributed by atoms with Crippen LogP contribution in [0.3, 0.4) is 0 Å². The van der Waals surface area contributed by atoms with Crippen LogP contribution in [0.2, 0.25) is 0 Å². The fourth-order valence-corrected chi connectivity index (χ4v) is 6.64. The van der Waals surface area contributed by atoms with Gasteiger partial charge in [-0.1, -0.05) is 0 Å². The van der Waals surface area contributed by atoms with Crippen molar-refractivity contribution in [3.63, 3.8) is 0 Å². The summed E-state index contributed by atoms with van der Waals surface area (Å²) in [6, 6.07) is 18.9. The topological polar surface area (TPSA) is 249 Å². The van der Waals surface area contributed by atoms with Crippen LogP contribution in [0.25, 0.3) is 0 Å². The Morgan fingerprint density at radius 1 is 0.558 bits per heavy atom. The molecule has 0 unspecified atom stereocenters. The molecule has 4 aromatic rings. The van der Waals surface area contributed by atoms with Crippen molar-refractivity contribution >= 4 is 60.9 Å². The van der Waals surface area contributed by atoms with Gasteiger partial charge in [0.25, 0.3) is 32.1 Å². The highest BCUT2D eigenvalue weighted by atomic mass is 32.2. The summed E-state index contributed by atoms with van der Waals surface area (Å²) in [5.41, 5.74) is 2.28. The third-order valence-electron chi connectivity index (χ3n) is 7.94. The zero-order valence-electron chi connectivity index (χ0n) is 26.5. The Morgan fingerprint density at radius 2 is 0.923 bits per heavy atom. The van der Waals surface area contributed by atoms with Gasteiger partial charge in [-0.15, -0.1) is 0 Å². The van der Waals surface area contributed by atoms with Crippen molar-refractivity contribution in [1.29, 1.82) is 0 Å². The highest BCUT2D eigenvalue weighted by Gasteiger charge is 2.26. The van der Waals surface area contributed by atoms with Crippen molar-refractivity contribution in [1.82, 2.24) is 0 Å². The highest BCUT2D eigenvalue weighted by molar-refractivity contribution is 7.90. The molecule has 17 heteroatoms. The molecule has 4 aromatic carbocycles. The van der Waals surface area contributed by atoms with Crippen molar-refractivity contribution in [2.45, 2.75) is 12.8 Å². The van der Waals surface area contributed by atoms with Gasteiger partial charge < -0.3 is 20.8 Å². The van der Waals surface area contributed by atoms with Crippen molar-refractivity contribution in [2.24, 2.45) is 9.98 Å². The fraction of sp³-hybridized carbons (Fsp3) is 0.0571. The number of allylic oxidation sites excluding steroid dienone is 4. The fourth-order valence-electron chi connectivity index (χ4n) is 5.44. The first-order valence-electron chi connectivity index (χ1n) is 15.1. The van der Waals surface area contributed by atoms with Gasteiger partial charge in [0.15, 0.2) is 0 Å². The highest BCUT2D eigenvalue weighted by Crippen LogP contribution is 2.29. The number of anilines is 2. The summed E-state index contributed by atoms with van der Waals surface area (Å²) in [7, 11) is -9.19. The number of phenolic OH excluding ortho intramolecular Hbond substituents is 2. The van der Waals surface area contributed by atoms with Crippen LogP contribution in [0.4, 0.5) is 16.2 Å². The van der Waals surface area contributed by atoms with Gasteiger partial charge in [0, 0.05) is 46.5 Å². The molecule has 0 aromatic heterocycles. The molecule has 6 N–H and O–H groups in total. The molecule has 0 radical (unpaired) electrons. The molecule has 6 rings (SSSR count). The third-order valence-corrected chi connectivity index (χ3v) is 9.79. The second kappa shape index (κ2) is 13.8. The number of benzene rings is 4. The molecule has 0 atom stereocenters. The Hall–Kier alpha value is -6.27. The van der Waals surface area contributed by atoms with Gasteiger partial charge in [-0.2, -0.15) is 16.8 Å². The Morgan fingerprint density at radius 3 is 1.27 bits per heavy atom. The molecule has 0 heterocycles. The van der Waals surface area contributed by atoms with E-state index in [-0.39, 0.29) is 56.7 Å². The van der Waals surface area contributed by atoms with Crippen LogP contribution >= 0.6 is 0 Å². The maximum Gasteiger partial charge on any atom is 0.323 e. The molecule has 0 spiro atoms. The smallest absolute Gasteiger partial charge is 0.323 e. The molecule has 15 nitrogen and oxygen atoms in total. The van der Waals surface area contributed by atoms with E-state index in [2.05, 4.69) is 20.6 Å². The van der Waals surface area contributed by atoms with E-state index in [0.717, 1.165) is 12.2 Å². The Balaban J connectivity index is 1.11. The van der Waals surface area contributed by atoms with Gasteiger partial charge in [-0.3, -0.25) is 18.7 Å². The second-order valence-electron chi connectivity index (χ2n) is 11.5. The lowest BCUT2D eigenvalue weighted by atomic mass is 9.94. The average molecular weight is 743 g/mol.